The van der Waals surface area contributed by atoms with Crippen molar-refractivity contribution >= 4 is 15.9 Å². The van der Waals surface area contributed by atoms with Crippen molar-refractivity contribution in [2.75, 3.05) is 13.2 Å². The van der Waals surface area contributed by atoms with Gasteiger partial charge in [0.15, 0.2) is 5.69 Å². The third-order valence-corrected chi connectivity index (χ3v) is 6.87. The quantitative estimate of drug-likeness (QED) is 0.404. The van der Waals surface area contributed by atoms with Crippen molar-refractivity contribution in [3.8, 4) is 23.5 Å². The molecule has 0 saturated heterocycles. The van der Waals surface area contributed by atoms with E-state index in [0.717, 1.165) is 5.69 Å². The van der Waals surface area contributed by atoms with E-state index in [0.29, 0.717) is 41.9 Å². The van der Waals surface area contributed by atoms with Gasteiger partial charge in [-0.05, 0) is 56.5 Å². The average Bonchev–Trinajstić information content (AvgIpc) is 3.14. The van der Waals surface area contributed by atoms with Gasteiger partial charge in [-0.25, -0.2) is 8.42 Å². The molecule has 0 spiro atoms. The summed E-state index contributed by atoms with van der Waals surface area (Å²) < 4.78 is 39.7. The van der Waals surface area contributed by atoms with E-state index in [2.05, 4.69) is 9.97 Å². The second-order valence-corrected chi connectivity index (χ2v) is 9.65. The van der Waals surface area contributed by atoms with Crippen molar-refractivity contribution in [2.24, 2.45) is 0 Å². The maximum absolute atomic E-state index is 13.1. The zero-order chi connectivity index (χ0) is 24.9. The summed E-state index contributed by atoms with van der Waals surface area (Å²) >= 11 is 0. The highest BCUT2D eigenvalue weighted by Gasteiger charge is 2.25. The summed E-state index contributed by atoms with van der Waals surface area (Å²) in [7, 11) is -3.97. The van der Waals surface area contributed by atoms with Crippen molar-refractivity contribution < 1.29 is 17.9 Å². The van der Waals surface area contributed by atoms with Gasteiger partial charge in [-0.3, -0.25) is 0 Å². The average molecular weight is 481 g/mol. The lowest BCUT2D eigenvalue weighted by molar-refractivity contribution is 0.302. The minimum absolute atomic E-state index is 0.0567. The summed E-state index contributed by atoms with van der Waals surface area (Å²) in [5.41, 5.74) is 2.70. The molecule has 8 nitrogen and oxygen atoms in total. The minimum atomic E-state index is -3.97. The number of allylic oxidation sites excluding steroid dienone is 1. The van der Waals surface area contributed by atoms with Gasteiger partial charge in [-0.1, -0.05) is 32.0 Å². The Hall–Kier alpha value is -3.64. The van der Waals surface area contributed by atoms with Crippen LogP contribution in [0.1, 0.15) is 50.6 Å². The van der Waals surface area contributed by atoms with E-state index in [1.165, 1.54) is 24.5 Å². The van der Waals surface area contributed by atoms with E-state index in [-0.39, 0.29) is 15.7 Å². The van der Waals surface area contributed by atoms with Crippen molar-refractivity contribution in [3.05, 3.63) is 64.6 Å². The van der Waals surface area contributed by atoms with E-state index in [4.69, 9.17) is 9.47 Å². The molecule has 3 aromatic rings. The Morgan fingerprint density at radius 3 is 2.21 bits per heavy atom. The standard InChI is InChI=1S/C25H28N4O4S/c1-6-32-24-23(25(33-7-2)28-16-27-24)29-18(5)19(14-22(29)17(3)4)13-21(15-26)34(30,31)20-11-9-8-10-12-20/h8-14,16-17H,6-7H2,1-5H3/b21-13+. The lowest BCUT2D eigenvalue weighted by Crippen LogP contribution is -2.11. The highest BCUT2D eigenvalue weighted by atomic mass is 32.2. The summed E-state index contributed by atoms with van der Waals surface area (Å²) in [5, 5.41) is 9.74. The van der Waals surface area contributed by atoms with Crippen LogP contribution in [-0.4, -0.2) is 36.2 Å². The van der Waals surface area contributed by atoms with E-state index in [9.17, 15) is 13.7 Å². The number of rotatable bonds is 9. The fraction of sp³-hybridized carbons (Fsp3) is 0.320. The van der Waals surface area contributed by atoms with Crippen LogP contribution in [0.25, 0.3) is 11.8 Å². The van der Waals surface area contributed by atoms with Crippen molar-refractivity contribution in [1.29, 1.82) is 5.26 Å². The smallest absolute Gasteiger partial charge is 0.245 e. The highest BCUT2D eigenvalue weighted by Crippen LogP contribution is 2.36. The topological polar surface area (TPSA) is 107 Å². The molecule has 0 bridgehead atoms. The largest absolute Gasteiger partial charge is 0.476 e. The first-order valence-electron chi connectivity index (χ1n) is 11.0. The van der Waals surface area contributed by atoms with E-state index >= 15 is 0 Å². The minimum Gasteiger partial charge on any atom is -0.476 e. The van der Waals surface area contributed by atoms with Gasteiger partial charge in [0, 0.05) is 11.4 Å². The molecule has 1 aromatic carbocycles. The van der Waals surface area contributed by atoms with Crippen LogP contribution < -0.4 is 9.47 Å². The molecular formula is C25H28N4O4S. The monoisotopic (exact) mass is 480 g/mol. The molecule has 0 aliphatic carbocycles. The number of hydrogen-bond donors (Lipinski definition) is 0. The summed E-state index contributed by atoms with van der Waals surface area (Å²) in [4.78, 5) is 8.32. The number of benzene rings is 1. The second kappa shape index (κ2) is 10.5. The number of sulfone groups is 1. The predicted molar refractivity (Wildman–Crippen MR) is 130 cm³/mol. The van der Waals surface area contributed by atoms with Gasteiger partial charge >= 0.3 is 0 Å². The molecule has 0 aliphatic rings. The number of nitriles is 1. The lowest BCUT2D eigenvalue weighted by atomic mass is 10.1. The lowest BCUT2D eigenvalue weighted by Gasteiger charge is -2.19. The zero-order valence-electron chi connectivity index (χ0n) is 19.9. The maximum Gasteiger partial charge on any atom is 0.245 e. The molecule has 0 saturated carbocycles. The summed E-state index contributed by atoms with van der Waals surface area (Å²) in [6.45, 7) is 10.4. The molecule has 0 N–H and O–H groups in total. The molecule has 34 heavy (non-hydrogen) atoms. The molecule has 0 radical (unpaired) electrons. The van der Waals surface area contributed by atoms with Crippen LogP contribution in [0.4, 0.5) is 0 Å². The first kappa shape index (κ1) is 25.0. The van der Waals surface area contributed by atoms with E-state index in [1.807, 2.05) is 51.3 Å². The van der Waals surface area contributed by atoms with Gasteiger partial charge < -0.3 is 14.0 Å². The van der Waals surface area contributed by atoms with Crippen LogP contribution in [0.2, 0.25) is 0 Å². The Morgan fingerprint density at radius 1 is 1.12 bits per heavy atom. The van der Waals surface area contributed by atoms with Crippen LogP contribution in [0.3, 0.4) is 0 Å². The second-order valence-electron chi connectivity index (χ2n) is 7.74. The predicted octanol–water partition coefficient (Wildman–Crippen LogP) is 4.83. The fourth-order valence-corrected chi connectivity index (χ4v) is 4.75. The zero-order valence-corrected chi connectivity index (χ0v) is 20.8. The summed E-state index contributed by atoms with van der Waals surface area (Å²) in [6, 6.07) is 11.7. The number of hydrogen-bond acceptors (Lipinski definition) is 7. The van der Waals surface area contributed by atoms with Crippen LogP contribution >= 0.6 is 0 Å². The van der Waals surface area contributed by atoms with Crippen LogP contribution in [0.15, 0.2) is 52.5 Å². The maximum atomic E-state index is 13.1. The van der Waals surface area contributed by atoms with Gasteiger partial charge in [-0.15, -0.1) is 0 Å². The first-order chi connectivity index (χ1) is 16.3. The van der Waals surface area contributed by atoms with Crippen LogP contribution in [-0.2, 0) is 9.84 Å². The van der Waals surface area contributed by atoms with Gasteiger partial charge in [0.2, 0.25) is 21.6 Å². The van der Waals surface area contributed by atoms with Crippen molar-refractivity contribution in [1.82, 2.24) is 14.5 Å². The Bertz CT molecular complexity index is 1310. The van der Waals surface area contributed by atoms with E-state index < -0.39 is 9.84 Å². The summed E-state index contributed by atoms with van der Waals surface area (Å²) in [5.74, 6) is 0.769. The Labute approximate surface area is 200 Å². The van der Waals surface area contributed by atoms with E-state index in [1.54, 1.807) is 18.2 Å². The first-order valence-corrected chi connectivity index (χ1v) is 12.5. The SMILES string of the molecule is CCOc1ncnc(OCC)c1-n1c(C(C)C)cc(/C=C(\C#N)S(=O)(=O)c2ccccc2)c1C. The summed E-state index contributed by atoms with van der Waals surface area (Å²) in [6.07, 6.45) is 2.79. The molecule has 2 heterocycles. The molecule has 0 unspecified atom stereocenters. The normalized spacial score (nSPS) is 12.0. The molecular weight excluding hydrogens is 452 g/mol. The van der Waals surface area contributed by atoms with Crippen LogP contribution in [0.5, 0.6) is 11.8 Å². The van der Waals surface area contributed by atoms with Gasteiger partial charge in [0.1, 0.15) is 17.3 Å². The molecule has 0 aliphatic heterocycles. The molecule has 9 heteroatoms. The van der Waals surface area contributed by atoms with Crippen molar-refractivity contribution in [2.45, 2.75) is 45.4 Å². The molecule has 0 fully saturated rings. The fourth-order valence-electron chi connectivity index (χ4n) is 3.58. The molecule has 0 amide bonds. The molecule has 3 rings (SSSR count). The Kier molecular flexibility index (Phi) is 7.74. The highest BCUT2D eigenvalue weighted by molar-refractivity contribution is 7.95. The molecule has 178 valence electrons. The number of aromatic nitrogens is 3. The number of ether oxygens (including phenoxy) is 2. The van der Waals surface area contributed by atoms with Gasteiger partial charge in [0.25, 0.3) is 0 Å². The molecule has 2 aromatic heterocycles. The van der Waals surface area contributed by atoms with Crippen LogP contribution in [0, 0.1) is 18.3 Å². The Morgan fingerprint density at radius 2 is 1.71 bits per heavy atom. The number of nitrogens with zero attached hydrogens (tertiary/aromatic N) is 4. The molecule has 0 atom stereocenters. The third kappa shape index (κ3) is 4.82. The third-order valence-electron chi connectivity index (χ3n) is 5.19. The Balaban J connectivity index is 2.27. The van der Waals surface area contributed by atoms with Crippen molar-refractivity contribution in [3.63, 3.8) is 0 Å². The van der Waals surface area contributed by atoms with Gasteiger partial charge in [0.05, 0.1) is 18.1 Å². The van der Waals surface area contributed by atoms with Gasteiger partial charge in [-0.2, -0.15) is 15.2 Å².